The van der Waals surface area contributed by atoms with E-state index in [1.807, 2.05) is 0 Å². The number of rotatable bonds is 7. The minimum absolute atomic E-state index is 0.0983. The molecule has 0 amide bonds. The lowest BCUT2D eigenvalue weighted by molar-refractivity contribution is -0.187. The van der Waals surface area contributed by atoms with Crippen LogP contribution in [0.3, 0.4) is 0 Å². The Bertz CT molecular complexity index is 996. The van der Waals surface area contributed by atoms with Crippen LogP contribution >= 0.6 is 0 Å². The van der Waals surface area contributed by atoms with E-state index in [0.717, 1.165) is 50.7 Å². The van der Waals surface area contributed by atoms with Gasteiger partial charge in [-0.2, -0.15) is 14.0 Å². The van der Waals surface area contributed by atoms with Gasteiger partial charge in [0.15, 0.2) is 0 Å². The largest absolute Gasteiger partial charge is 0.429 e. The molecule has 7 heteroatoms. The molecule has 2 aromatic rings. The normalized spacial score (nSPS) is 19.2. The number of ether oxygens (including phenoxy) is 1. The Labute approximate surface area is 184 Å². The molecular weight excluding hydrogens is 425 g/mol. The van der Waals surface area contributed by atoms with Crippen LogP contribution < -0.4 is 4.74 Å². The van der Waals surface area contributed by atoms with Gasteiger partial charge in [0.05, 0.1) is 5.56 Å². The van der Waals surface area contributed by atoms with Crippen LogP contribution in [0.5, 0.6) is 5.75 Å². The lowest BCUT2D eigenvalue weighted by Crippen LogP contribution is -2.24. The summed E-state index contributed by atoms with van der Waals surface area (Å²) in [6.07, 6.45) is 5.92. The maximum atomic E-state index is 14.6. The van der Waals surface area contributed by atoms with Crippen molar-refractivity contribution in [2.45, 2.75) is 57.5 Å². The molecule has 0 bridgehead atoms. The summed E-state index contributed by atoms with van der Waals surface area (Å²) in [7, 11) is 0. The fourth-order valence-electron chi connectivity index (χ4n) is 4.13. The highest BCUT2D eigenvalue weighted by molar-refractivity contribution is 5.38. The van der Waals surface area contributed by atoms with Crippen LogP contribution in [-0.2, 0) is 6.11 Å². The summed E-state index contributed by atoms with van der Waals surface area (Å²) < 4.78 is 75.4. The lowest BCUT2D eigenvalue weighted by atomic mass is 9.77. The van der Waals surface area contributed by atoms with Crippen molar-refractivity contribution in [2.75, 3.05) is 0 Å². The van der Waals surface area contributed by atoms with Crippen LogP contribution in [0.25, 0.3) is 0 Å². The molecule has 0 radical (unpaired) electrons. The van der Waals surface area contributed by atoms with Gasteiger partial charge in [-0.3, -0.25) is 0 Å². The summed E-state index contributed by atoms with van der Waals surface area (Å²) in [5.41, 5.74) is -1.28. The molecule has 170 valence electrons. The van der Waals surface area contributed by atoms with E-state index in [1.54, 1.807) is 0 Å². The predicted octanol–water partition coefficient (Wildman–Crippen LogP) is 7.73. The zero-order valence-electron chi connectivity index (χ0n) is 17.7. The zero-order chi connectivity index (χ0) is 23.3. The van der Waals surface area contributed by atoms with E-state index in [2.05, 4.69) is 23.8 Å². The summed E-state index contributed by atoms with van der Waals surface area (Å²) >= 11 is 0. The molecule has 1 saturated carbocycles. The summed E-state index contributed by atoms with van der Waals surface area (Å²) in [6.45, 7) is 2.08. The molecule has 0 N–H and O–H groups in total. The first kappa shape index (κ1) is 23.8. The molecule has 0 spiro atoms. The number of hydrogen-bond acceptors (Lipinski definition) is 2. The molecule has 0 atom stereocenters. The van der Waals surface area contributed by atoms with E-state index in [1.165, 1.54) is 12.1 Å². The van der Waals surface area contributed by atoms with Crippen molar-refractivity contribution in [2.24, 2.45) is 5.92 Å². The first-order valence-electron chi connectivity index (χ1n) is 10.7. The van der Waals surface area contributed by atoms with Gasteiger partial charge in [0.1, 0.15) is 34.8 Å². The second kappa shape index (κ2) is 10.2. The average molecular weight is 449 g/mol. The third-order valence-corrected chi connectivity index (χ3v) is 5.87. The van der Waals surface area contributed by atoms with Crippen LogP contribution in [0.15, 0.2) is 42.5 Å². The average Bonchev–Trinajstić information content (AvgIpc) is 2.73. The molecule has 0 heterocycles. The van der Waals surface area contributed by atoms with Crippen LogP contribution in [-0.4, -0.2) is 0 Å². The summed E-state index contributed by atoms with van der Waals surface area (Å²) in [5, 5.41) is 8.66. The monoisotopic (exact) mass is 449 g/mol. The van der Waals surface area contributed by atoms with Crippen molar-refractivity contribution >= 4 is 0 Å². The molecule has 1 aliphatic carbocycles. The van der Waals surface area contributed by atoms with Crippen LogP contribution in [0, 0.1) is 34.7 Å². The van der Waals surface area contributed by atoms with Crippen molar-refractivity contribution < 1.29 is 26.7 Å². The highest BCUT2D eigenvalue weighted by Gasteiger charge is 2.38. The number of nitrogens with zero attached hydrogens (tertiary/aromatic N) is 1. The number of nitriles is 1. The Morgan fingerprint density at radius 2 is 1.66 bits per heavy atom. The molecule has 32 heavy (non-hydrogen) atoms. The van der Waals surface area contributed by atoms with E-state index < -0.39 is 40.4 Å². The third-order valence-electron chi connectivity index (χ3n) is 5.87. The Kier molecular flexibility index (Phi) is 7.55. The van der Waals surface area contributed by atoms with Gasteiger partial charge in [0.2, 0.25) is 0 Å². The summed E-state index contributed by atoms with van der Waals surface area (Å²) in [4.78, 5) is 0. The predicted molar refractivity (Wildman–Crippen MR) is 111 cm³/mol. The Hall–Kier alpha value is -2.88. The number of benzene rings is 2. The molecule has 2 aromatic carbocycles. The summed E-state index contributed by atoms with van der Waals surface area (Å²) in [6, 6.07) is 5.73. The van der Waals surface area contributed by atoms with Gasteiger partial charge in [-0.1, -0.05) is 25.1 Å². The standard InChI is InChI=1S/C25H24F5NO/c1-2-3-4-5-16-6-8-17(9-7-16)18-10-11-21(24(28)12-18)25(29,30)32-19-13-22(26)20(15-31)23(27)14-19/h3-4,10-14,16-17H,2,5-9H2,1H3/t16-,17-. The zero-order valence-corrected chi connectivity index (χ0v) is 17.7. The molecule has 0 unspecified atom stereocenters. The third kappa shape index (κ3) is 5.48. The van der Waals surface area contributed by atoms with E-state index >= 15 is 0 Å². The molecule has 0 aromatic heterocycles. The quantitative estimate of drug-likeness (QED) is 0.320. The van der Waals surface area contributed by atoms with Gasteiger partial charge in [-0.15, -0.1) is 0 Å². The van der Waals surface area contributed by atoms with Gasteiger partial charge in [0.25, 0.3) is 0 Å². The van der Waals surface area contributed by atoms with Crippen molar-refractivity contribution in [3.63, 3.8) is 0 Å². The van der Waals surface area contributed by atoms with Crippen LogP contribution in [0.1, 0.15) is 68.1 Å². The Morgan fingerprint density at radius 1 is 1.00 bits per heavy atom. The van der Waals surface area contributed by atoms with Gasteiger partial charge < -0.3 is 4.74 Å². The maximum Gasteiger partial charge on any atom is 0.429 e. The SMILES string of the molecule is CCC=CC[C@H]1CC[C@H](c2ccc(C(F)(F)Oc3cc(F)c(C#N)c(F)c3)c(F)c2)CC1. The van der Waals surface area contributed by atoms with Gasteiger partial charge in [-0.05, 0) is 68.1 Å². The lowest BCUT2D eigenvalue weighted by Gasteiger charge is -2.28. The smallest absolute Gasteiger partial charge is 0.429 e. The highest BCUT2D eigenvalue weighted by atomic mass is 19.3. The molecule has 0 aliphatic heterocycles. The van der Waals surface area contributed by atoms with E-state index in [4.69, 9.17) is 5.26 Å². The van der Waals surface area contributed by atoms with E-state index in [0.29, 0.717) is 23.6 Å². The van der Waals surface area contributed by atoms with Crippen LogP contribution in [0.4, 0.5) is 22.0 Å². The molecule has 3 rings (SSSR count). The molecule has 1 aliphatic rings. The molecule has 2 nitrogen and oxygen atoms in total. The molecule has 0 saturated heterocycles. The Balaban J connectivity index is 1.71. The minimum atomic E-state index is -4.15. The maximum absolute atomic E-state index is 14.6. The highest BCUT2D eigenvalue weighted by Crippen LogP contribution is 2.40. The number of hydrogen-bond donors (Lipinski definition) is 0. The fourth-order valence-corrected chi connectivity index (χ4v) is 4.13. The summed E-state index contributed by atoms with van der Waals surface area (Å²) in [5.74, 6) is -3.98. The van der Waals surface area contributed by atoms with Crippen molar-refractivity contribution in [3.8, 4) is 11.8 Å². The number of alkyl halides is 2. The topological polar surface area (TPSA) is 33.0 Å². The fraction of sp³-hybridized carbons (Fsp3) is 0.400. The van der Waals surface area contributed by atoms with Crippen LogP contribution in [0.2, 0.25) is 0 Å². The molecule has 1 fully saturated rings. The van der Waals surface area contributed by atoms with E-state index in [9.17, 15) is 22.0 Å². The van der Waals surface area contributed by atoms with Crippen molar-refractivity contribution in [3.05, 3.63) is 76.6 Å². The van der Waals surface area contributed by atoms with Crippen molar-refractivity contribution in [1.29, 1.82) is 5.26 Å². The number of halogens is 5. The molecular formula is C25H24F5NO. The van der Waals surface area contributed by atoms with Gasteiger partial charge in [-0.25, -0.2) is 13.2 Å². The first-order valence-corrected chi connectivity index (χ1v) is 10.7. The number of allylic oxidation sites excluding steroid dienone is 2. The second-order valence-electron chi connectivity index (χ2n) is 8.06. The van der Waals surface area contributed by atoms with Gasteiger partial charge >= 0.3 is 6.11 Å². The minimum Gasteiger partial charge on any atom is -0.429 e. The van der Waals surface area contributed by atoms with E-state index in [-0.39, 0.29) is 5.92 Å². The first-order chi connectivity index (χ1) is 15.2. The Morgan fingerprint density at radius 3 is 2.22 bits per heavy atom. The van der Waals surface area contributed by atoms with Gasteiger partial charge in [0, 0.05) is 12.1 Å². The van der Waals surface area contributed by atoms with Crippen molar-refractivity contribution in [1.82, 2.24) is 0 Å². The second-order valence-corrected chi connectivity index (χ2v) is 8.06.